The third-order valence-corrected chi connectivity index (χ3v) is 4.88. The van der Waals surface area contributed by atoms with Crippen LogP contribution in [-0.2, 0) is 11.3 Å². The Morgan fingerprint density at radius 3 is 2.82 bits per heavy atom. The fourth-order valence-electron chi connectivity index (χ4n) is 3.09. The lowest BCUT2D eigenvalue weighted by Gasteiger charge is -2.18. The Hall–Kier alpha value is -4.55. The molecule has 13 nitrogen and oxygen atoms in total. The van der Waals surface area contributed by atoms with E-state index in [-0.39, 0.29) is 35.3 Å². The van der Waals surface area contributed by atoms with Crippen LogP contribution in [-0.4, -0.2) is 55.6 Å². The molecule has 0 atom stereocenters. The van der Waals surface area contributed by atoms with Crippen molar-refractivity contribution in [3.63, 3.8) is 0 Å². The fourth-order valence-corrected chi connectivity index (χ4v) is 3.09. The molecule has 0 aromatic carbocycles. The SMILES string of the molecule is NC(=O)c1nn(CC=O)cc1NC(=O)c1coc(-c2ccnc(N(CC3CC3)C(=O)O)c2)n1. The number of anilines is 2. The molecule has 4 rings (SSSR count). The first-order chi connectivity index (χ1) is 15.9. The zero-order valence-corrected chi connectivity index (χ0v) is 17.2. The lowest BCUT2D eigenvalue weighted by Crippen LogP contribution is -2.32. The van der Waals surface area contributed by atoms with Crippen molar-refractivity contribution in [2.45, 2.75) is 19.4 Å². The maximum atomic E-state index is 12.6. The number of nitrogens with two attached hydrogens (primary N) is 1. The number of carboxylic acid groups (broad SMARTS) is 1. The van der Waals surface area contributed by atoms with Crippen LogP contribution in [0.15, 0.2) is 35.2 Å². The first-order valence-electron chi connectivity index (χ1n) is 9.90. The van der Waals surface area contributed by atoms with Gasteiger partial charge in [-0.05, 0) is 30.9 Å². The number of amides is 3. The highest BCUT2D eigenvalue weighted by Crippen LogP contribution is 2.32. The van der Waals surface area contributed by atoms with Gasteiger partial charge in [0.05, 0.1) is 12.2 Å². The van der Waals surface area contributed by atoms with Crippen LogP contribution >= 0.6 is 0 Å². The number of hydrogen-bond donors (Lipinski definition) is 3. The molecule has 0 bridgehead atoms. The lowest BCUT2D eigenvalue weighted by atomic mass is 10.2. The monoisotopic (exact) mass is 453 g/mol. The number of nitrogens with one attached hydrogen (secondary N) is 1. The van der Waals surface area contributed by atoms with Crippen molar-refractivity contribution in [1.29, 1.82) is 0 Å². The average molecular weight is 453 g/mol. The highest BCUT2D eigenvalue weighted by atomic mass is 16.4. The van der Waals surface area contributed by atoms with Crippen LogP contribution in [0.25, 0.3) is 11.5 Å². The van der Waals surface area contributed by atoms with Gasteiger partial charge in [-0.3, -0.25) is 19.2 Å². The van der Waals surface area contributed by atoms with Crippen LogP contribution in [0.2, 0.25) is 0 Å². The summed E-state index contributed by atoms with van der Waals surface area (Å²) in [5.41, 5.74) is 5.40. The molecule has 13 heteroatoms. The zero-order valence-electron chi connectivity index (χ0n) is 17.2. The minimum absolute atomic E-state index is 0.0160. The zero-order chi connectivity index (χ0) is 23.5. The molecule has 1 aliphatic rings. The van der Waals surface area contributed by atoms with E-state index in [2.05, 4.69) is 20.4 Å². The molecule has 0 spiro atoms. The summed E-state index contributed by atoms with van der Waals surface area (Å²) < 4.78 is 6.55. The molecule has 33 heavy (non-hydrogen) atoms. The Balaban J connectivity index is 1.53. The molecule has 3 amide bonds. The number of primary amides is 1. The fraction of sp³-hybridized carbons (Fsp3) is 0.250. The highest BCUT2D eigenvalue weighted by molar-refractivity contribution is 6.07. The Morgan fingerprint density at radius 2 is 2.15 bits per heavy atom. The van der Waals surface area contributed by atoms with Crippen molar-refractivity contribution < 1.29 is 28.7 Å². The van der Waals surface area contributed by atoms with Crippen molar-refractivity contribution in [2.24, 2.45) is 11.7 Å². The average Bonchev–Trinajstić information content (AvgIpc) is 3.30. The van der Waals surface area contributed by atoms with Gasteiger partial charge in [-0.25, -0.2) is 14.8 Å². The van der Waals surface area contributed by atoms with Crippen molar-refractivity contribution in [3.05, 3.63) is 42.2 Å². The maximum absolute atomic E-state index is 12.6. The van der Waals surface area contributed by atoms with Crippen LogP contribution < -0.4 is 16.0 Å². The lowest BCUT2D eigenvalue weighted by molar-refractivity contribution is -0.108. The summed E-state index contributed by atoms with van der Waals surface area (Å²) in [6.07, 6.45) is 5.26. The molecule has 3 heterocycles. The van der Waals surface area contributed by atoms with E-state index in [4.69, 9.17) is 10.2 Å². The van der Waals surface area contributed by atoms with E-state index in [1.54, 1.807) is 6.07 Å². The molecule has 0 unspecified atom stereocenters. The van der Waals surface area contributed by atoms with Crippen molar-refractivity contribution in [1.82, 2.24) is 19.7 Å². The van der Waals surface area contributed by atoms with Gasteiger partial charge in [0.1, 0.15) is 18.4 Å². The van der Waals surface area contributed by atoms with Crippen LogP contribution in [0.4, 0.5) is 16.3 Å². The molecule has 170 valence electrons. The van der Waals surface area contributed by atoms with Crippen molar-refractivity contribution in [3.8, 4) is 11.5 Å². The molecule has 0 aliphatic heterocycles. The highest BCUT2D eigenvalue weighted by Gasteiger charge is 2.28. The van der Waals surface area contributed by atoms with Gasteiger partial charge in [-0.15, -0.1) is 0 Å². The van der Waals surface area contributed by atoms with E-state index in [0.717, 1.165) is 23.8 Å². The molecule has 1 fully saturated rings. The minimum Gasteiger partial charge on any atom is -0.465 e. The van der Waals surface area contributed by atoms with Gasteiger partial charge in [0, 0.05) is 24.5 Å². The van der Waals surface area contributed by atoms with Crippen LogP contribution in [0.3, 0.4) is 0 Å². The summed E-state index contributed by atoms with van der Waals surface area (Å²) in [4.78, 5) is 55.9. The molecule has 4 N–H and O–H groups in total. The Kier molecular flexibility index (Phi) is 5.85. The van der Waals surface area contributed by atoms with Crippen molar-refractivity contribution >= 4 is 35.7 Å². The summed E-state index contributed by atoms with van der Waals surface area (Å²) in [6.45, 7) is 0.230. The smallest absolute Gasteiger partial charge is 0.413 e. The van der Waals surface area contributed by atoms with Gasteiger partial charge in [-0.2, -0.15) is 5.10 Å². The van der Waals surface area contributed by atoms with E-state index in [9.17, 15) is 24.3 Å². The van der Waals surface area contributed by atoms with E-state index in [1.165, 1.54) is 23.4 Å². The number of aldehydes is 1. The normalized spacial score (nSPS) is 12.8. The number of rotatable bonds is 9. The van der Waals surface area contributed by atoms with Crippen LogP contribution in [0, 0.1) is 5.92 Å². The van der Waals surface area contributed by atoms with Gasteiger partial charge in [0.25, 0.3) is 11.8 Å². The van der Waals surface area contributed by atoms with Gasteiger partial charge < -0.3 is 25.4 Å². The molecule has 0 radical (unpaired) electrons. The third-order valence-electron chi connectivity index (χ3n) is 4.88. The topological polar surface area (TPSA) is 187 Å². The standard InChI is InChI=1S/C20H19N7O6/c21-17(29)16-13(9-26(25-16)5-6-28)23-18(30)14-10-33-19(24-14)12-3-4-22-15(7-12)27(20(31)32)8-11-1-2-11/h3-4,6-7,9-11H,1-2,5,8H2,(H2,21,29)(H,23,30)(H,31,32). The van der Waals surface area contributed by atoms with E-state index in [0.29, 0.717) is 24.3 Å². The van der Waals surface area contributed by atoms with Gasteiger partial charge in [-0.1, -0.05) is 0 Å². The van der Waals surface area contributed by atoms with Crippen LogP contribution in [0.5, 0.6) is 0 Å². The Labute approximate surface area is 186 Å². The first kappa shape index (κ1) is 21.7. The quantitative estimate of drug-likeness (QED) is 0.402. The number of pyridine rings is 1. The van der Waals surface area contributed by atoms with E-state index >= 15 is 0 Å². The number of carbonyl (C=O) groups is 4. The van der Waals surface area contributed by atoms with E-state index < -0.39 is 17.9 Å². The van der Waals surface area contributed by atoms with Gasteiger partial charge in [0.15, 0.2) is 11.4 Å². The third kappa shape index (κ3) is 4.87. The second kappa shape index (κ2) is 8.90. The summed E-state index contributed by atoms with van der Waals surface area (Å²) in [7, 11) is 0. The number of oxazole rings is 1. The molecule has 0 saturated heterocycles. The molecule has 1 aliphatic carbocycles. The van der Waals surface area contributed by atoms with Crippen molar-refractivity contribution in [2.75, 3.05) is 16.8 Å². The predicted molar refractivity (Wildman–Crippen MR) is 113 cm³/mol. The van der Waals surface area contributed by atoms with Gasteiger partial charge in [0.2, 0.25) is 5.89 Å². The predicted octanol–water partition coefficient (Wildman–Crippen LogP) is 1.38. The summed E-state index contributed by atoms with van der Waals surface area (Å²) in [5, 5.41) is 15.8. The summed E-state index contributed by atoms with van der Waals surface area (Å²) in [5.74, 6) is -0.954. The Morgan fingerprint density at radius 1 is 1.36 bits per heavy atom. The largest absolute Gasteiger partial charge is 0.465 e. The van der Waals surface area contributed by atoms with Gasteiger partial charge >= 0.3 is 6.09 Å². The second-order valence-corrected chi connectivity index (χ2v) is 7.38. The molecule has 3 aromatic rings. The number of aromatic nitrogens is 4. The summed E-state index contributed by atoms with van der Waals surface area (Å²) in [6, 6.07) is 3.08. The first-order valence-corrected chi connectivity index (χ1v) is 9.90. The number of nitrogens with zero attached hydrogens (tertiary/aromatic N) is 5. The number of carbonyl (C=O) groups excluding carboxylic acids is 3. The Bertz CT molecular complexity index is 1230. The van der Waals surface area contributed by atoms with Crippen LogP contribution in [0.1, 0.15) is 33.8 Å². The molecular formula is C20H19N7O6. The second-order valence-electron chi connectivity index (χ2n) is 7.38. The maximum Gasteiger partial charge on any atom is 0.413 e. The van der Waals surface area contributed by atoms with E-state index in [1.807, 2.05) is 0 Å². The number of hydrogen-bond acceptors (Lipinski definition) is 8. The molecular weight excluding hydrogens is 434 g/mol. The minimum atomic E-state index is -1.11. The summed E-state index contributed by atoms with van der Waals surface area (Å²) >= 11 is 0. The molecule has 3 aromatic heterocycles. The molecule has 1 saturated carbocycles.